The van der Waals surface area contributed by atoms with E-state index in [0.717, 1.165) is 64.5 Å². The lowest BCUT2D eigenvalue weighted by atomic mass is 10.1. The second-order valence-corrected chi connectivity index (χ2v) is 9.81. The summed E-state index contributed by atoms with van der Waals surface area (Å²) in [7, 11) is 0. The maximum atomic E-state index is 12.5. The van der Waals surface area contributed by atoms with Crippen molar-refractivity contribution < 1.29 is 4.79 Å². The van der Waals surface area contributed by atoms with Crippen LogP contribution in [-0.4, -0.2) is 57.2 Å². The van der Waals surface area contributed by atoms with Gasteiger partial charge in [0.05, 0.1) is 16.1 Å². The minimum absolute atomic E-state index is 0.129. The largest absolute Gasteiger partial charge is 0.349 e. The molecular weight excluding hydrogens is 444 g/mol. The van der Waals surface area contributed by atoms with Crippen molar-refractivity contribution in [3.63, 3.8) is 0 Å². The molecule has 0 saturated carbocycles. The third-order valence-electron chi connectivity index (χ3n) is 6.35. The molecular formula is C26H30N6OS. The van der Waals surface area contributed by atoms with Crippen LogP contribution in [-0.2, 0) is 6.42 Å². The third kappa shape index (κ3) is 4.88. The summed E-state index contributed by atoms with van der Waals surface area (Å²) >= 11 is 1.59. The summed E-state index contributed by atoms with van der Waals surface area (Å²) < 4.78 is 0. The number of para-hydroxylation sites is 1. The number of aromatic amines is 1. The maximum Gasteiger partial charge on any atom is 0.269 e. The molecule has 0 bridgehead atoms. The first-order valence-electron chi connectivity index (χ1n) is 12.1. The van der Waals surface area contributed by atoms with E-state index >= 15 is 0 Å². The maximum absolute atomic E-state index is 12.5. The van der Waals surface area contributed by atoms with Gasteiger partial charge in [0.1, 0.15) is 10.7 Å². The van der Waals surface area contributed by atoms with E-state index in [1.807, 2.05) is 12.3 Å². The fourth-order valence-electron chi connectivity index (χ4n) is 4.53. The summed E-state index contributed by atoms with van der Waals surface area (Å²) in [6.07, 6.45) is 9.54. The van der Waals surface area contributed by atoms with Gasteiger partial charge in [0, 0.05) is 36.4 Å². The SMILES string of the molecule is CCCc1cccc2c(-c3cnc(-c4ccc(C(=O)NCCN5CCCCC5)nc4)s3)[nH]nc12. The predicted octanol–water partition coefficient (Wildman–Crippen LogP) is 4.92. The van der Waals surface area contributed by atoms with Gasteiger partial charge in [0.15, 0.2) is 0 Å². The van der Waals surface area contributed by atoms with E-state index in [2.05, 4.69) is 55.5 Å². The Morgan fingerprint density at radius 1 is 1.12 bits per heavy atom. The summed E-state index contributed by atoms with van der Waals surface area (Å²) in [5.41, 5.74) is 4.63. The van der Waals surface area contributed by atoms with Gasteiger partial charge in [-0.2, -0.15) is 5.10 Å². The number of amides is 1. The molecule has 0 spiro atoms. The predicted molar refractivity (Wildman–Crippen MR) is 137 cm³/mol. The fraction of sp³-hybridized carbons (Fsp3) is 0.385. The molecule has 0 unspecified atom stereocenters. The molecule has 1 amide bonds. The standard InChI is InChI=1S/C26H30N6OS/c1-2-7-18-8-6-9-20-23(18)30-31-24(20)22-17-29-26(34-22)19-10-11-21(28-16-19)25(33)27-12-15-32-13-4-3-5-14-32/h6,8-11,16-17H,2-5,7,12-15H2,1H3,(H,27,33)(H,30,31). The lowest BCUT2D eigenvalue weighted by Crippen LogP contribution is -2.37. The zero-order chi connectivity index (χ0) is 23.3. The Labute approximate surface area is 203 Å². The average Bonchev–Trinajstić information content (AvgIpc) is 3.53. The number of H-pyrrole nitrogens is 1. The van der Waals surface area contributed by atoms with Crippen molar-refractivity contribution in [2.45, 2.75) is 39.0 Å². The number of carbonyl (C=O) groups excluding carboxylic acids is 1. The van der Waals surface area contributed by atoms with E-state index < -0.39 is 0 Å². The number of fused-ring (bicyclic) bond motifs is 1. The molecule has 0 aliphatic carbocycles. The lowest BCUT2D eigenvalue weighted by Gasteiger charge is -2.26. The summed E-state index contributed by atoms with van der Waals surface area (Å²) in [4.78, 5) is 24.9. The fourth-order valence-corrected chi connectivity index (χ4v) is 5.45. The highest BCUT2D eigenvalue weighted by Gasteiger charge is 2.15. The van der Waals surface area contributed by atoms with E-state index in [9.17, 15) is 4.79 Å². The summed E-state index contributed by atoms with van der Waals surface area (Å²) in [6.45, 7) is 5.99. The second-order valence-electron chi connectivity index (χ2n) is 8.78. The number of rotatable bonds is 8. The van der Waals surface area contributed by atoms with Gasteiger partial charge in [0.2, 0.25) is 0 Å². The zero-order valence-corrected chi connectivity index (χ0v) is 20.3. The van der Waals surface area contributed by atoms with Crippen molar-refractivity contribution >= 4 is 28.1 Å². The number of aromatic nitrogens is 4. The van der Waals surface area contributed by atoms with Crippen LogP contribution in [0.2, 0.25) is 0 Å². The van der Waals surface area contributed by atoms with Gasteiger partial charge in [-0.1, -0.05) is 38.0 Å². The topological polar surface area (TPSA) is 86.8 Å². The van der Waals surface area contributed by atoms with Crippen molar-refractivity contribution in [1.82, 2.24) is 30.4 Å². The second kappa shape index (κ2) is 10.4. The number of likely N-dealkylation sites (tertiary alicyclic amines) is 1. The van der Waals surface area contributed by atoms with E-state index in [4.69, 9.17) is 0 Å². The lowest BCUT2D eigenvalue weighted by molar-refractivity contribution is 0.0941. The van der Waals surface area contributed by atoms with Crippen LogP contribution in [0.1, 0.15) is 48.7 Å². The molecule has 5 rings (SSSR count). The smallest absolute Gasteiger partial charge is 0.269 e. The van der Waals surface area contributed by atoms with Gasteiger partial charge in [-0.25, -0.2) is 4.98 Å². The van der Waals surface area contributed by atoms with Gasteiger partial charge < -0.3 is 10.2 Å². The minimum Gasteiger partial charge on any atom is -0.349 e. The van der Waals surface area contributed by atoms with Crippen molar-refractivity contribution in [3.05, 3.63) is 54.0 Å². The molecule has 1 aliphatic rings. The van der Waals surface area contributed by atoms with Crippen molar-refractivity contribution in [2.24, 2.45) is 0 Å². The Morgan fingerprint density at radius 2 is 2.00 bits per heavy atom. The summed E-state index contributed by atoms with van der Waals surface area (Å²) in [5, 5.41) is 12.8. The first-order valence-corrected chi connectivity index (χ1v) is 12.9. The number of pyridine rings is 1. The number of hydrogen-bond acceptors (Lipinski definition) is 6. The van der Waals surface area contributed by atoms with Crippen LogP contribution >= 0.6 is 11.3 Å². The molecule has 4 heterocycles. The van der Waals surface area contributed by atoms with Crippen molar-refractivity contribution in [3.8, 4) is 21.1 Å². The van der Waals surface area contributed by atoms with Crippen molar-refractivity contribution in [1.29, 1.82) is 0 Å². The summed E-state index contributed by atoms with van der Waals surface area (Å²) in [5.74, 6) is -0.129. The molecule has 1 aliphatic heterocycles. The first-order chi connectivity index (χ1) is 16.7. The van der Waals surface area contributed by atoms with Crippen LogP contribution in [0.5, 0.6) is 0 Å². The molecule has 176 valence electrons. The Bertz CT molecular complexity index is 1260. The van der Waals surface area contributed by atoms with Gasteiger partial charge in [-0.05, 0) is 50.0 Å². The number of nitrogens with zero attached hydrogens (tertiary/aromatic N) is 4. The van der Waals surface area contributed by atoms with Crippen LogP contribution in [0.3, 0.4) is 0 Å². The van der Waals surface area contributed by atoms with Crippen LogP contribution in [0.25, 0.3) is 32.0 Å². The summed E-state index contributed by atoms with van der Waals surface area (Å²) in [6, 6.07) is 10.0. The molecule has 1 fully saturated rings. The molecule has 2 N–H and O–H groups in total. The number of benzene rings is 1. The Hall–Kier alpha value is -3.10. The van der Waals surface area contributed by atoms with E-state index in [0.29, 0.717) is 12.2 Å². The molecule has 1 aromatic carbocycles. The molecule has 0 radical (unpaired) electrons. The van der Waals surface area contributed by atoms with Gasteiger partial charge in [-0.3, -0.25) is 14.9 Å². The van der Waals surface area contributed by atoms with Crippen molar-refractivity contribution in [2.75, 3.05) is 26.2 Å². The highest BCUT2D eigenvalue weighted by atomic mass is 32.1. The molecule has 8 heteroatoms. The normalized spacial score (nSPS) is 14.5. The Balaban J connectivity index is 1.25. The average molecular weight is 475 g/mol. The third-order valence-corrected chi connectivity index (χ3v) is 7.41. The van der Waals surface area contributed by atoms with E-state index in [1.54, 1.807) is 23.6 Å². The number of nitrogens with one attached hydrogen (secondary N) is 2. The van der Waals surface area contributed by atoms with Gasteiger partial charge in [0.25, 0.3) is 5.91 Å². The molecule has 7 nitrogen and oxygen atoms in total. The Morgan fingerprint density at radius 3 is 2.79 bits per heavy atom. The van der Waals surface area contributed by atoms with Gasteiger partial charge in [-0.15, -0.1) is 11.3 Å². The van der Waals surface area contributed by atoms with Gasteiger partial charge >= 0.3 is 0 Å². The van der Waals surface area contributed by atoms with Crippen LogP contribution < -0.4 is 5.32 Å². The van der Waals surface area contributed by atoms with E-state index in [1.165, 1.54) is 24.8 Å². The number of thiazole rings is 1. The molecule has 34 heavy (non-hydrogen) atoms. The number of aryl methyl sites for hydroxylation is 1. The minimum atomic E-state index is -0.129. The molecule has 4 aromatic rings. The highest BCUT2D eigenvalue weighted by molar-refractivity contribution is 7.18. The quantitative estimate of drug-likeness (QED) is 0.379. The molecule has 3 aromatic heterocycles. The molecule has 0 atom stereocenters. The van der Waals surface area contributed by atoms with Crippen LogP contribution in [0, 0.1) is 0 Å². The highest BCUT2D eigenvalue weighted by Crippen LogP contribution is 2.35. The zero-order valence-electron chi connectivity index (χ0n) is 19.5. The van der Waals surface area contributed by atoms with Crippen LogP contribution in [0.15, 0.2) is 42.7 Å². The monoisotopic (exact) mass is 474 g/mol. The Kier molecular flexibility index (Phi) is 6.97. The number of hydrogen-bond donors (Lipinski definition) is 2. The van der Waals surface area contributed by atoms with E-state index in [-0.39, 0.29) is 5.91 Å². The number of piperidine rings is 1. The first kappa shape index (κ1) is 22.7. The van der Waals surface area contributed by atoms with Crippen LogP contribution in [0.4, 0.5) is 0 Å². The number of carbonyl (C=O) groups is 1. The molecule has 1 saturated heterocycles.